The Morgan fingerprint density at radius 1 is 0.742 bits per heavy atom. The van der Waals surface area contributed by atoms with Crippen LogP contribution in [0.15, 0.2) is 0 Å². The van der Waals surface area contributed by atoms with Crippen LogP contribution >= 0.6 is 0 Å². The predicted molar refractivity (Wildman–Crippen MR) is 136 cm³/mol. The highest BCUT2D eigenvalue weighted by atomic mass is 16.5. The van der Waals surface area contributed by atoms with Crippen LogP contribution in [-0.4, -0.2) is 63.9 Å². The maximum absolute atomic E-state index is 10.6. The fourth-order valence-electron chi connectivity index (χ4n) is 1.97. The van der Waals surface area contributed by atoms with Gasteiger partial charge < -0.3 is 24.1 Å². The molecule has 6 nitrogen and oxygen atoms in total. The van der Waals surface area contributed by atoms with E-state index in [1.54, 1.807) is 0 Å². The van der Waals surface area contributed by atoms with Crippen molar-refractivity contribution in [2.24, 2.45) is 5.41 Å². The fraction of sp³-hybridized carbons (Fsp3) is 0.800. The van der Waals surface area contributed by atoms with Crippen LogP contribution in [0.1, 0.15) is 77.2 Å². The summed E-state index contributed by atoms with van der Waals surface area (Å²) in [7, 11) is 0. The van der Waals surface area contributed by atoms with E-state index in [1.807, 2.05) is 6.92 Å². The molecule has 0 heterocycles. The Morgan fingerprint density at radius 2 is 1.10 bits per heavy atom. The number of hydrogen-bond acceptors (Lipinski definition) is 5. The van der Waals surface area contributed by atoms with E-state index in [0.29, 0.717) is 52.5 Å². The highest BCUT2D eigenvalue weighted by Crippen LogP contribution is 2.21. The van der Waals surface area contributed by atoms with E-state index < -0.39 is 11.4 Å². The van der Waals surface area contributed by atoms with Gasteiger partial charge in [-0.2, -0.15) is 0 Å². The predicted octanol–water partition coefficient (Wildman–Crippen LogP) is 5.79. The van der Waals surface area contributed by atoms with Gasteiger partial charge in [0, 0.05) is 19.4 Å². The highest BCUT2D eigenvalue weighted by molar-refractivity contribution is 5.66. The van der Waals surface area contributed by atoms with Crippen LogP contribution in [0.3, 0.4) is 0 Å². The van der Waals surface area contributed by atoms with Crippen molar-refractivity contribution in [2.75, 3.05) is 52.9 Å². The van der Waals surface area contributed by atoms with Gasteiger partial charge in [-0.15, -0.1) is 24.7 Å². The minimum absolute atomic E-state index is 0. The first-order valence-corrected chi connectivity index (χ1v) is 8.50. The van der Waals surface area contributed by atoms with Gasteiger partial charge in [0.2, 0.25) is 0 Å². The van der Waals surface area contributed by atoms with Crippen molar-refractivity contribution in [3.63, 3.8) is 0 Å². The highest BCUT2D eigenvalue weighted by Gasteiger charge is 2.32. The Hall–Kier alpha value is -1.57. The number of rotatable bonds is 17. The largest absolute Gasteiger partial charge is 0.481 e. The lowest BCUT2D eigenvalue weighted by atomic mass is 9.92. The third kappa shape index (κ3) is 28.4. The zero-order chi connectivity index (χ0) is 18.8. The number of carboxylic acid groups (broad SMARTS) is 1. The summed E-state index contributed by atoms with van der Waals surface area (Å²) in [5.41, 5.74) is -0.531. The topological polar surface area (TPSA) is 74.2 Å². The van der Waals surface area contributed by atoms with Crippen LogP contribution in [-0.2, 0) is 23.7 Å². The van der Waals surface area contributed by atoms with Gasteiger partial charge in [-0.25, -0.2) is 0 Å². The van der Waals surface area contributed by atoms with Crippen LogP contribution < -0.4 is 0 Å². The molecule has 0 aromatic rings. The van der Waals surface area contributed by atoms with Gasteiger partial charge in [0.1, 0.15) is 0 Å². The molecule has 6 heteroatoms. The van der Waals surface area contributed by atoms with E-state index in [9.17, 15) is 4.79 Å². The SMILES string of the molecule is C.C.C.C.C.C.C#CCCOCC(COCCC)(COCCC#C)COCCC(=O)O. The molecule has 31 heavy (non-hydrogen) atoms. The Balaban J connectivity index is -0.000000192. The number of carboxylic acids is 1. The van der Waals surface area contributed by atoms with Gasteiger partial charge in [0.25, 0.3) is 0 Å². The van der Waals surface area contributed by atoms with Crippen molar-refractivity contribution in [2.45, 2.75) is 77.2 Å². The van der Waals surface area contributed by atoms with E-state index >= 15 is 0 Å². The summed E-state index contributed by atoms with van der Waals surface area (Å²) in [6.07, 6.45) is 12.4. The fourth-order valence-corrected chi connectivity index (χ4v) is 1.97. The Labute approximate surface area is 195 Å². The first-order chi connectivity index (χ1) is 12.1. The minimum atomic E-state index is -0.900. The molecule has 0 radical (unpaired) electrons. The maximum atomic E-state index is 10.6. The van der Waals surface area contributed by atoms with Crippen molar-refractivity contribution < 1.29 is 28.8 Å². The summed E-state index contributed by atoms with van der Waals surface area (Å²) in [6, 6.07) is 0. The number of terminal acetylenes is 2. The van der Waals surface area contributed by atoms with Crippen molar-refractivity contribution in [1.29, 1.82) is 0 Å². The lowest BCUT2D eigenvalue weighted by Crippen LogP contribution is -2.42. The average Bonchev–Trinajstić information content (AvgIpc) is 2.59. The second-order valence-electron chi connectivity index (χ2n) is 5.76. The molecular weight excluding hydrogens is 396 g/mol. The zero-order valence-corrected chi connectivity index (χ0v) is 15.1. The first-order valence-electron chi connectivity index (χ1n) is 8.50. The molecular formula is C25H54O6. The number of aliphatic carboxylic acids is 1. The van der Waals surface area contributed by atoms with E-state index in [1.165, 1.54) is 0 Å². The normalized spacial score (nSPS) is 8.87. The number of carbonyl (C=O) groups is 1. The first kappa shape index (κ1) is 47.3. The molecule has 0 unspecified atom stereocenters. The van der Waals surface area contributed by atoms with E-state index in [0.717, 1.165) is 6.42 Å². The van der Waals surface area contributed by atoms with Crippen molar-refractivity contribution >= 4 is 5.97 Å². The summed E-state index contributed by atoms with van der Waals surface area (Å²) in [4.78, 5) is 10.6. The molecule has 0 bridgehead atoms. The second kappa shape index (κ2) is 33.1. The molecule has 1 N–H and O–H groups in total. The molecule has 0 rings (SSSR count). The standard InChI is InChI=1S/C19H30O6.6CH4/c1-4-7-11-23-15-19(14-22-10-6-3,16-24-12-8-5-2)17-25-13-9-18(20)21;;;;;;/h1-2H,6-17H2,3H3,(H,20,21);6*1H4. The Kier molecular flexibility index (Phi) is 50.4. The average molecular weight is 451 g/mol. The molecule has 0 saturated carbocycles. The molecule has 0 spiro atoms. The van der Waals surface area contributed by atoms with Crippen molar-refractivity contribution in [1.82, 2.24) is 0 Å². The van der Waals surface area contributed by atoms with E-state index in [2.05, 4.69) is 11.8 Å². The van der Waals surface area contributed by atoms with Crippen LogP contribution in [0, 0.1) is 30.1 Å². The third-order valence-corrected chi connectivity index (χ3v) is 3.22. The van der Waals surface area contributed by atoms with E-state index in [-0.39, 0.29) is 64.2 Å². The monoisotopic (exact) mass is 450 g/mol. The van der Waals surface area contributed by atoms with Gasteiger partial charge in [-0.05, 0) is 6.42 Å². The molecule has 0 atom stereocenters. The summed E-state index contributed by atoms with van der Waals surface area (Å²) >= 11 is 0. The zero-order valence-electron chi connectivity index (χ0n) is 15.1. The smallest absolute Gasteiger partial charge is 0.305 e. The number of ether oxygens (including phenoxy) is 4. The third-order valence-electron chi connectivity index (χ3n) is 3.22. The molecule has 0 saturated heterocycles. The second-order valence-corrected chi connectivity index (χ2v) is 5.76. The van der Waals surface area contributed by atoms with Crippen LogP contribution in [0.2, 0.25) is 0 Å². The minimum Gasteiger partial charge on any atom is -0.481 e. The van der Waals surface area contributed by atoms with Crippen molar-refractivity contribution in [3.8, 4) is 24.7 Å². The van der Waals surface area contributed by atoms with Gasteiger partial charge in [0.05, 0.1) is 58.1 Å². The quantitative estimate of drug-likeness (QED) is 0.223. The molecule has 0 aromatic heterocycles. The van der Waals surface area contributed by atoms with Gasteiger partial charge in [0.15, 0.2) is 0 Å². The molecule has 0 aromatic carbocycles. The van der Waals surface area contributed by atoms with Crippen LogP contribution in [0.4, 0.5) is 0 Å². The van der Waals surface area contributed by atoms with Crippen LogP contribution in [0.5, 0.6) is 0 Å². The molecule has 0 aliphatic carbocycles. The summed E-state index contributed by atoms with van der Waals surface area (Å²) in [5.74, 6) is 4.15. The van der Waals surface area contributed by atoms with Gasteiger partial charge in [-0.3, -0.25) is 4.79 Å². The van der Waals surface area contributed by atoms with E-state index in [4.69, 9.17) is 36.9 Å². The molecule has 190 valence electrons. The van der Waals surface area contributed by atoms with Crippen LogP contribution in [0.25, 0.3) is 0 Å². The molecule has 0 aliphatic heterocycles. The lowest BCUT2D eigenvalue weighted by Gasteiger charge is -2.33. The molecule has 0 aliphatic rings. The Morgan fingerprint density at radius 3 is 1.42 bits per heavy atom. The molecule has 0 fully saturated rings. The Bertz CT molecular complexity index is 401. The lowest BCUT2D eigenvalue weighted by molar-refractivity contribution is -0.139. The summed E-state index contributed by atoms with van der Waals surface area (Å²) in [5, 5.41) is 8.73. The summed E-state index contributed by atoms with van der Waals surface area (Å²) in [6.45, 7) is 5.00. The van der Waals surface area contributed by atoms with Crippen molar-refractivity contribution in [3.05, 3.63) is 0 Å². The maximum Gasteiger partial charge on any atom is 0.305 e. The van der Waals surface area contributed by atoms with Gasteiger partial charge in [-0.1, -0.05) is 51.5 Å². The number of hydrogen-bond donors (Lipinski definition) is 1. The summed E-state index contributed by atoms with van der Waals surface area (Å²) < 4.78 is 22.6. The van der Waals surface area contributed by atoms with Gasteiger partial charge >= 0.3 is 5.97 Å². The molecule has 0 amide bonds.